The van der Waals surface area contributed by atoms with E-state index in [9.17, 15) is 4.79 Å². The van der Waals surface area contributed by atoms with Crippen molar-refractivity contribution in [3.8, 4) is 0 Å². The van der Waals surface area contributed by atoms with E-state index in [1.165, 1.54) is 0 Å². The predicted molar refractivity (Wildman–Crippen MR) is 91.0 cm³/mol. The second-order valence-corrected chi connectivity index (χ2v) is 5.08. The number of carbonyl (C=O) groups is 1. The third kappa shape index (κ3) is 2.49. The van der Waals surface area contributed by atoms with E-state index in [2.05, 4.69) is 16.9 Å². The maximum absolute atomic E-state index is 12.7. The molecule has 0 atom stereocenters. The van der Waals surface area contributed by atoms with Crippen molar-refractivity contribution in [2.75, 3.05) is 5.32 Å². The van der Waals surface area contributed by atoms with E-state index in [4.69, 9.17) is 0 Å². The number of carbonyl (C=O) groups excluding carboxylic acids is 1. The monoisotopic (exact) mass is 288 g/mol. The molecule has 3 nitrogen and oxygen atoms in total. The molecule has 0 aliphatic heterocycles. The van der Waals surface area contributed by atoms with Crippen LogP contribution in [0.25, 0.3) is 17.0 Å². The third-order valence-corrected chi connectivity index (χ3v) is 3.63. The molecule has 1 amide bonds. The molecule has 108 valence electrons. The molecule has 1 aromatic heterocycles. The number of hydrogen-bond acceptors (Lipinski definition) is 2. The molecule has 0 bridgehead atoms. The molecule has 0 unspecified atom stereocenters. The van der Waals surface area contributed by atoms with Gasteiger partial charge in [0.15, 0.2) is 0 Å². The molecule has 0 fully saturated rings. The standard InChI is InChI=1S/C19H16N2O/c1-3-14-8-4-7-13(2)17(14)19(22)21-16-11-5-9-15-10-6-12-20-18(15)16/h3-12H,1H2,2H3,(H,21,22). The van der Waals surface area contributed by atoms with Gasteiger partial charge in [-0.25, -0.2) is 0 Å². The first-order chi connectivity index (χ1) is 10.7. The molecular formula is C19H16N2O. The van der Waals surface area contributed by atoms with E-state index in [1.54, 1.807) is 12.3 Å². The van der Waals surface area contributed by atoms with Gasteiger partial charge in [0.25, 0.3) is 5.91 Å². The average Bonchev–Trinajstić information content (AvgIpc) is 2.54. The van der Waals surface area contributed by atoms with Crippen molar-refractivity contribution in [1.82, 2.24) is 4.98 Å². The Morgan fingerprint density at radius 3 is 2.73 bits per heavy atom. The Kier molecular flexibility index (Phi) is 3.71. The molecule has 0 aliphatic carbocycles. The molecule has 2 aromatic carbocycles. The van der Waals surface area contributed by atoms with Crippen molar-refractivity contribution in [3.63, 3.8) is 0 Å². The first-order valence-electron chi connectivity index (χ1n) is 7.08. The first kappa shape index (κ1) is 14.0. The van der Waals surface area contributed by atoms with Crippen LogP contribution < -0.4 is 5.32 Å². The normalized spacial score (nSPS) is 10.4. The maximum atomic E-state index is 12.7. The fourth-order valence-electron chi connectivity index (χ4n) is 2.56. The molecule has 3 rings (SSSR count). The van der Waals surface area contributed by atoms with Crippen LogP contribution in [0.15, 0.2) is 61.3 Å². The van der Waals surface area contributed by atoms with Crippen LogP contribution in [-0.4, -0.2) is 10.9 Å². The van der Waals surface area contributed by atoms with Gasteiger partial charge in [0, 0.05) is 17.1 Å². The number of nitrogens with one attached hydrogen (secondary N) is 1. The topological polar surface area (TPSA) is 42.0 Å². The molecule has 0 spiro atoms. The van der Waals surface area contributed by atoms with Crippen molar-refractivity contribution in [2.45, 2.75) is 6.92 Å². The van der Waals surface area contributed by atoms with Gasteiger partial charge in [-0.1, -0.05) is 49.1 Å². The van der Waals surface area contributed by atoms with Crippen LogP contribution in [0.5, 0.6) is 0 Å². The predicted octanol–water partition coefficient (Wildman–Crippen LogP) is 4.44. The highest BCUT2D eigenvalue weighted by Gasteiger charge is 2.14. The van der Waals surface area contributed by atoms with Crippen molar-refractivity contribution >= 4 is 28.6 Å². The van der Waals surface area contributed by atoms with Crippen LogP contribution >= 0.6 is 0 Å². The minimum absolute atomic E-state index is 0.147. The van der Waals surface area contributed by atoms with E-state index >= 15 is 0 Å². The van der Waals surface area contributed by atoms with Crippen LogP contribution in [0.4, 0.5) is 5.69 Å². The number of fused-ring (bicyclic) bond motifs is 1. The maximum Gasteiger partial charge on any atom is 0.256 e. The SMILES string of the molecule is C=Cc1cccc(C)c1C(=O)Nc1cccc2cccnc12. The molecule has 1 N–H and O–H groups in total. The lowest BCUT2D eigenvalue weighted by atomic mass is 10.0. The van der Waals surface area contributed by atoms with Crippen molar-refractivity contribution in [3.05, 3.63) is 78.0 Å². The van der Waals surface area contributed by atoms with Gasteiger partial charge in [0.05, 0.1) is 11.2 Å². The third-order valence-electron chi connectivity index (χ3n) is 3.63. The Bertz CT molecular complexity index is 863. The number of hydrogen-bond donors (Lipinski definition) is 1. The Balaban J connectivity index is 2.03. The summed E-state index contributed by atoms with van der Waals surface area (Å²) in [5.41, 5.74) is 3.88. The van der Waals surface area contributed by atoms with Gasteiger partial charge in [-0.15, -0.1) is 0 Å². The van der Waals surface area contributed by atoms with Crippen LogP contribution in [0.3, 0.4) is 0 Å². The lowest BCUT2D eigenvalue weighted by Crippen LogP contribution is -2.15. The Morgan fingerprint density at radius 1 is 1.14 bits per heavy atom. The van der Waals surface area contributed by atoms with Crippen molar-refractivity contribution in [2.24, 2.45) is 0 Å². The summed E-state index contributed by atoms with van der Waals surface area (Å²) in [5, 5.41) is 3.96. The van der Waals surface area contributed by atoms with E-state index in [0.29, 0.717) is 11.3 Å². The molecule has 22 heavy (non-hydrogen) atoms. The van der Waals surface area contributed by atoms with Gasteiger partial charge in [-0.2, -0.15) is 0 Å². The largest absolute Gasteiger partial charge is 0.320 e. The van der Waals surface area contributed by atoms with E-state index in [0.717, 1.165) is 22.0 Å². The van der Waals surface area contributed by atoms with E-state index in [-0.39, 0.29) is 5.91 Å². The second kappa shape index (κ2) is 5.82. The van der Waals surface area contributed by atoms with Crippen LogP contribution in [0.2, 0.25) is 0 Å². The number of nitrogens with zero attached hydrogens (tertiary/aromatic N) is 1. The van der Waals surface area contributed by atoms with Crippen LogP contribution in [0, 0.1) is 6.92 Å². The Labute approximate surface area is 129 Å². The number of benzene rings is 2. The summed E-state index contributed by atoms with van der Waals surface area (Å²) in [5.74, 6) is -0.147. The quantitative estimate of drug-likeness (QED) is 0.774. The summed E-state index contributed by atoms with van der Waals surface area (Å²) in [6.07, 6.45) is 3.42. The summed E-state index contributed by atoms with van der Waals surface area (Å²) in [6.45, 7) is 5.70. The highest BCUT2D eigenvalue weighted by atomic mass is 16.1. The summed E-state index contributed by atoms with van der Waals surface area (Å²) < 4.78 is 0. The lowest BCUT2D eigenvalue weighted by Gasteiger charge is -2.12. The smallest absolute Gasteiger partial charge is 0.256 e. The highest BCUT2D eigenvalue weighted by molar-refractivity contribution is 6.10. The van der Waals surface area contributed by atoms with E-state index < -0.39 is 0 Å². The highest BCUT2D eigenvalue weighted by Crippen LogP contribution is 2.23. The zero-order valence-corrected chi connectivity index (χ0v) is 12.3. The summed E-state index contributed by atoms with van der Waals surface area (Å²) in [6, 6.07) is 15.3. The zero-order chi connectivity index (χ0) is 15.5. The van der Waals surface area contributed by atoms with Gasteiger partial charge < -0.3 is 5.32 Å². The molecule has 0 aliphatic rings. The van der Waals surface area contributed by atoms with Gasteiger partial charge in [-0.05, 0) is 30.2 Å². The number of amides is 1. The fraction of sp³-hybridized carbons (Fsp3) is 0.0526. The number of para-hydroxylation sites is 1. The molecule has 1 heterocycles. The number of rotatable bonds is 3. The van der Waals surface area contributed by atoms with Gasteiger partial charge in [0.2, 0.25) is 0 Å². The van der Waals surface area contributed by atoms with Gasteiger partial charge >= 0.3 is 0 Å². The number of anilines is 1. The summed E-state index contributed by atoms with van der Waals surface area (Å²) in [7, 11) is 0. The van der Waals surface area contributed by atoms with Crippen LogP contribution in [-0.2, 0) is 0 Å². The minimum atomic E-state index is -0.147. The zero-order valence-electron chi connectivity index (χ0n) is 12.3. The lowest BCUT2D eigenvalue weighted by molar-refractivity contribution is 0.102. The second-order valence-electron chi connectivity index (χ2n) is 5.08. The van der Waals surface area contributed by atoms with Crippen molar-refractivity contribution < 1.29 is 4.79 Å². The average molecular weight is 288 g/mol. The fourth-order valence-corrected chi connectivity index (χ4v) is 2.56. The molecule has 0 saturated carbocycles. The molecule has 3 heteroatoms. The first-order valence-corrected chi connectivity index (χ1v) is 7.08. The Morgan fingerprint density at radius 2 is 1.91 bits per heavy atom. The molecule has 0 saturated heterocycles. The summed E-state index contributed by atoms with van der Waals surface area (Å²) in [4.78, 5) is 17.0. The number of aryl methyl sites for hydroxylation is 1. The number of pyridine rings is 1. The van der Waals surface area contributed by atoms with Crippen molar-refractivity contribution in [1.29, 1.82) is 0 Å². The number of aromatic nitrogens is 1. The minimum Gasteiger partial charge on any atom is -0.320 e. The molecular weight excluding hydrogens is 272 g/mol. The molecule has 3 aromatic rings. The van der Waals surface area contributed by atoms with Gasteiger partial charge in [0.1, 0.15) is 0 Å². The Hall–Kier alpha value is -2.94. The molecule has 0 radical (unpaired) electrons. The summed E-state index contributed by atoms with van der Waals surface area (Å²) >= 11 is 0. The van der Waals surface area contributed by atoms with E-state index in [1.807, 2.05) is 55.5 Å². The van der Waals surface area contributed by atoms with Crippen LogP contribution in [0.1, 0.15) is 21.5 Å². The van der Waals surface area contributed by atoms with Gasteiger partial charge in [-0.3, -0.25) is 9.78 Å².